The van der Waals surface area contributed by atoms with E-state index in [1.54, 1.807) is 0 Å². The van der Waals surface area contributed by atoms with E-state index < -0.39 is 80.4 Å². The normalized spacial score (nSPS) is 17.7. The summed E-state index contributed by atoms with van der Waals surface area (Å²) in [6.45, 7) is 1.17. The third-order valence-electron chi connectivity index (χ3n) is 6.57. The lowest BCUT2D eigenvalue weighted by Gasteiger charge is -2.11. The van der Waals surface area contributed by atoms with Crippen molar-refractivity contribution < 1.29 is 36.3 Å². The van der Waals surface area contributed by atoms with E-state index in [1.807, 2.05) is 0 Å². The Kier molecular flexibility index (Phi) is 8.77. The summed E-state index contributed by atoms with van der Waals surface area (Å²) in [5, 5.41) is 1.98. The van der Waals surface area contributed by atoms with Crippen LogP contribution in [0.5, 0.6) is 0 Å². The minimum atomic E-state index is -4.74. The Balaban J connectivity index is 1.53. The highest BCUT2D eigenvalue weighted by atomic mass is 35.5. The molecule has 0 aliphatic heterocycles. The van der Waals surface area contributed by atoms with Gasteiger partial charge in [-0.3, -0.25) is 14.4 Å². The van der Waals surface area contributed by atoms with E-state index in [-0.39, 0.29) is 27.4 Å². The molecule has 0 unspecified atom stereocenters. The van der Waals surface area contributed by atoms with Crippen molar-refractivity contribution in [2.75, 3.05) is 5.32 Å². The maximum Gasteiger partial charge on any atom is 0.417 e. The highest BCUT2D eigenvalue weighted by molar-refractivity contribution is 6.53. The van der Waals surface area contributed by atoms with Crippen LogP contribution in [0.3, 0.4) is 0 Å². The molecule has 0 spiro atoms. The van der Waals surface area contributed by atoms with Gasteiger partial charge in [0.25, 0.3) is 0 Å². The lowest BCUT2D eigenvalue weighted by atomic mass is 9.98. The summed E-state index contributed by atoms with van der Waals surface area (Å²) in [4.78, 5) is 37.4. The number of hydrogen-bond donors (Lipinski definition) is 1. The number of anilines is 1. The number of alkyl halides is 5. The maximum atomic E-state index is 14.9. The first kappa shape index (κ1) is 31.2. The molecule has 0 radical (unpaired) electrons. The Morgan fingerprint density at radius 1 is 0.927 bits per heavy atom. The molecule has 1 amide bonds. The zero-order chi connectivity index (χ0) is 30.4. The van der Waals surface area contributed by atoms with Crippen molar-refractivity contribution in [2.24, 2.45) is 5.92 Å². The molecule has 0 heterocycles. The SMILES string of the molecule is CC(=O)Cc1c(F)ccc(CC(=O)c2cc(NC(=O)[C@H]3[C@H](c4ccc(Cl)c(C(F)(F)F)c4)C3(Cl)Cl)ccc2Cl)c1F. The number of halogens is 9. The predicted molar refractivity (Wildman–Crippen MR) is 146 cm³/mol. The monoisotopic (exact) mass is 651 g/mol. The van der Waals surface area contributed by atoms with Crippen molar-refractivity contribution in [3.63, 3.8) is 0 Å². The summed E-state index contributed by atoms with van der Waals surface area (Å²) < 4.78 is 67.1. The molecule has 1 aliphatic rings. The van der Waals surface area contributed by atoms with Gasteiger partial charge in [0.2, 0.25) is 5.91 Å². The predicted octanol–water partition coefficient (Wildman–Crippen LogP) is 8.37. The topological polar surface area (TPSA) is 63.2 Å². The van der Waals surface area contributed by atoms with Gasteiger partial charge in [0.15, 0.2) is 5.78 Å². The second kappa shape index (κ2) is 11.5. The number of carbonyl (C=O) groups excluding carboxylic acids is 3. The van der Waals surface area contributed by atoms with E-state index in [0.29, 0.717) is 0 Å². The number of hydrogen-bond acceptors (Lipinski definition) is 3. The second-order valence-electron chi connectivity index (χ2n) is 9.53. The van der Waals surface area contributed by atoms with E-state index in [9.17, 15) is 36.3 Å². The fraction of sp³-hybridized carbons (Fsp3) is 0.250. The van der Waals surface area contributed by atoms with Crippen LogP contribution < -0.4 is 5.32 Å². The van der Waals surface area contributed by atoms with Crippen molar-refractivity contribution in [2.45, 2.75) is 36.2 Å². The Bertz CT molecular complexity index is 1580. The summed E-state index contributed by atoms with van der Waals surface area (Å²) in [6.07, 6.45) is -5.75. The molecule has 1 aliphatic carbocycles. The van der Waals surface area contributed by atoms with Gasteiger partial charge in [-0.05, 0) is 54.4 Å². The van der Waals surface area contributed by atoms with Gasteiger partial charge in [-0.1, -0.05) is 35.3 Å². The molecule has 41 heavy (non-hydrogen) atoms. The minimum absolute atomic E-state index is 0.0198. The van der Waals surface area contributed by atoms with Crippen molar-refractivity contribution in [3.05, 3.63) is 98.0 Å². The number of nitrogens with one attached hydrogen (secondary N) is 1. The number of amides is 1. The van der Waals surface area contributed by atoms with Gasteiger partial charge in [-0.25, -0.2) is 8.78 Å². The highest BCUT2D eigenvalue weighted by Crippen LogP contribution is 2.65. The molecule has 3 aromatic carbocycles. The van der Waals surface area contributed by atoms with Gasteiger partial charge in [-0.15, -0.1) is 23.2 Å². The summed E-state index contributed by atoms with van der Waals surface area (Å²) >= 11 is 24.4. The molecule has 0 aromatic heterocycles. The Morgan fingerprint density at radius 2 is 1.59 bits per heavy atom. The summed E-state index contributed by atoms with van der Waals surface area (Å²) in [5.41, 5.74) is -1.66. The van der Waals surface area contributed by atoms with Crippen molar-refractivity contribution in [3.8, 4) is 0 Å². The van der Waals surface area contributed by atoms with Crippen LogP contribution in [0, 0.1) is 17.6 Å². The molecular formula is C28H18Cl4F5NO3. The van der Waals surface area contributed by atoms with Gasteiger partial charge in [0.1, 0.15) is 21.8 Å². The minimum Gasteiger partial charge on any atom is -0.326 e. The van der Waals surface area contributed by atoms with Crippen LogP contribution in [0.1, 0.15) is 45.5 Å². The first-order valence-corrected chi connectivity index (χ1v) is 13.4. The molecule has 13 heteroatoms. The lowest BCUT2D eigenvalue weighted by molar-refractivity contribution is -0.137. The summed E-state index contributed by atoms with van der Waals surface area (Å²) in [5.74, 6) is -5.94. The van der Waals surface area contributed by atoms with Gasteiger partial charge in [0.05, 0.1) is 21.5 Å². The molecule has 4 rings (SSSR count). The lowest BCUT2D eigenvalue weighted by Crippen LogP contribution is -2.17. The van der Waals surface area contributed by atoms with E-state index in [4.69, 9.17) is 46.4 Å². The largest absolute Gasteiger partial charge is 0.417 e. The fourth-order valence-corrected chi connectivity index (χ4v) is 5.80. The van der Waals surface area contributed by atoms with Crippen LogP contribution >= 0.6 is 46.4 Å². The summed E-state index contributed by atoms with van der Waals surface area (Å²) in [6, 6.07) is 9.07. The molecule has 4 nitrogen and oxygen atoms in total. The maximum absolute atomic E-state index is 14.9. The van der Waals surface area contributed by atoms with Crippen molar-refractivity contribution in [1.29, 1.82) is 0 Å². The van der Waals surface area contributed by atoms with Crippen LogP contribution in [0.15, 0.2) is 48.5 Å². The van der Waals surface area contributed by atoms with E-state index in [0.717, 1.165) is 24.3 Å². The average molecular weight is 653 g/mol. The van der Waals surface area contributed by atoms with Gasteiger partial charge in [-0.2, -0.15) is 13.2 Å². The van der Waals surface area contributed by atoms with Crippen LogP contribution in [-0.4, -0.2) is 21.8 Å². The summed E-state index contributed by atoms with van der Waals surface area (Å²) in [7, 11) is 0. The van der Waals surface area contributed by atoms with E-state index in [1.165, 1.54) is 31.2 Å². The molecular weight excluding hydrogens is 635 g/mol. The van der Waals surface area contributed by atoms with Crippen LogP contribution in [-0.2, 0) is 28.6 Å². The Labute approximate surface area is 250 Å². The first-order valence-electron chi connectivity index (χ1n) is 11.9. The number of rotatable bonds is 8. The molecule has 216 valence electrons. The highest BCUT2D eigenvalue weighted by Gasteiger charge is 2.67. The quantitative estimate of drug-likeness (QED) is 0.151. The third-order valence-corrected chi connectivity index (χ3v) is 8.17. The third kappa shape index (κ3) is 6.53. The fourth-order valence-electron chi connectivity index (χ4n) is 4.52. The zero-order valence-corrected chi connectivity index (χ0v) is 23.8. The van der Waals surface area contributed by atoms with E-state index in [2.05, 4.69) is 5.32 Å². The molecule has 3 aromatic rings. The molecule has 1 saturated carbocycles. The van der Waals surface area contributed by atoms with Crippen LogP contribution in [0.4, 0.5) is 27.6 Å². The average Bonchev–Trinajstić information content (AvgIpc) is 3.45. The van der Waals surface area contributed by atoms with Gasteiger partial charge >= 0.3 is 6.18 Å². The molecule has 2 atom stereocenters. The number of benzene rings is 3. The van der Waals surface area contributed by atoms with E-state index >= 15 is 0 Å². The Hall–Kier alpha value is -2.72. The Morgan fingerprint density at radius 3 is 2.22 bits per heavy atom. The second-order valence-corrected chi connectivity index (χ2v) is 11.8. The van der Waals surface area contributed by atoms with Crippen LogP contribution in [0.2, 0.25) is 10.0 Å². The van der Waals surface area contributed by atoms with Crippen molar-refractivity contribution in [1.82, 2.24) is 0 Å². The molecule has 1 N–H and O–H groups in total. The smallest absolute Gasteiger partial charge is 0.326 e. The standard InChI is InChI=1S/C28H18Cl4F5NO3/c1-12(39)8-17-21(33)7-3-14(25(17)34)10-22(40)16-11-15(4-6-19(16)29)38-26(41)24-23(27(24,31)32)13-2-5-20(30)18(9-13)28(35,36)37/h2-7,9,11,23-24H,8,10H2,1H3,(H,38,41)/t23-,24+/m0/s1. The molecule has 0 bridgehead atoms. The molecule has 0 saturated heterocycles. The first-order chi connectivity index (χ1) is 19.0. The van der Waals surface area contributed by atoms with Crippen LogP contribution in [0.25, 0.3) is 0 Å². The number of Topliss-reactive ketones (excluding diaryl/α,β-unsaturated/α-hetero) is 2. The van der Waals surface area contributed by atoms with Crippen molar-refractivity contribution >= 4 is 69.6 Å². The van der Waals surface area contributed by atoms with Gasteiger partial charge < -0.3 is 5.32 Å². The zero-order valence-electron chi connectivity index (χ0n) is 20.8. The van der Waals surface area contributed by atoms with Gasteiger partial charge in [0, 0.05) is 35.6 Å². The number of ketones is 2. The number of carbonyl (C=O) groups is 3. The molecule has 1 fully saturated rings.